The lowest BCUT2D eigenvalue weighted by Gasteiger charge is -2.21. The number of benzene rings is 2. The summed E-state index contributed by atoms with van der Waals surface area (Å²) < 4.78 is 5.23. The summed E-state index contributed by atoms with van der Waals surface area (Å²) in [5, 5.41) is 0. The molecule has 1 aliphatic rings. The third-order valence-corrected chi connectivity index (χ3v) is 4.71. The van der Waals surface area contributed by atoms with Gasteiger partial charge in [0.15, 0.2) is 0 Å². The molecule has 0 aromatic heterocycles. The monoisotopic (exact) mass is 352 g/mol. The zero-order chi connectivity index (χ0) is 18.5. The maximum Gasteiger partial charge on any atom is 0.228 e. The molecule has 0 radical (unpaired) electrons. The van der Waals surface area contributed by atoms with Crippen molar-refractivity contribution in [3.8, 4) is 5.75 Å². The molecule has 0 bridgehead atoms. The summed E-state index contributed by atoms with van der Waals surface area (Å²) in [6.07, 6.45) is 0.280. The molecule has 0 saturated carbocycles. The Hall–Kier alpha value is -2.82. The molecular formula is C21H24N2O3. The minimum absolute atomic E-state index is 0.0235. The first kappa shape index (κ1) is 18.0. The van der Waals surface area contributed by atoms with Crippen LogP contribution in [0.2, 0.25) is 0 Å². The van der Waals surface area contributed by atoms with Gasteiger partial charge in [-0.05, 0) is 23.3 Å². The Balaban J connectivity index is 1.60. The first-order valence-corrected chi connectivity index (χ1v) is 8.76. The maximum absolute atomic E-state index is 12.7. The van der Waals surface area contributed by atoms with Gasteiger partial charge in [-0.2, -0.15) is 0 Å². The summed E-state index contributed by atoms with van der Waals surface area (Å²) in [6, 6.07) is 17.5. The van der Waals surface area contributed by atoms with Gasteiger partial charge in [0.1, 0.15) is 5.75 Å². The van der Waals surface area contributed by atoms with Crippen LogP contribution in [0.5, 0.6) is 5.75 Å². The molecule has 3 rings (SSSR count). The number of rotatable bonds is 6. The predicted molar refractivity (Wildman–Crippen MR) is 99.4 cm³/mol. The molecule has 5 heteroatoms. The Bertz CT molecular complexity index is 776. The van der Waals surface area contributed by atoms with E-state index in [-0.39, 0.29) is 24.2 Å². The first-order chi connectivity index (χ1) is 12.6. The number of carbonyl (C=O) groups is 2. The number of hydrogen-bond acceptors (Lipinski definition) is 3. The van der Waals surface area contributed by atoms with Gasteiger partial charge >= 0.3 is 0 Å². The van der Waals surface area contributed by atoms with Crippen molar-refractivity contribution < 1.29 is 14.3 Å². The van der Waals surface area contributed by atoms with E-state index in [1.165, 1.54) is 0 Å². The van der Waals surface area contributed by atoms with Crippen molar-refractivity contribution in [1.82, 2.24) is 9.80 Å². The number of carbonyl (C=O) groups excluding carboxylic acids is 2. The van der Waals surface area contributed by atoms with E-state index in [0.717, 1.165) is 16.9 Å². The topological polar surface area (TPSA) is 49.9 Å². The zero-order valence-corrected chi connectivity index (χ0v) is 15.2. The molecule has 2 amide bonds. The summed E-state index contributed by atoms with van der Waals surface area (Å²) in [4.78, 5) is 28.5. The molecule has 0 spiro atoms. The Morgan fingerprint density at radius 2 is 1.88 bits per heavy atom. The van der Waals surface area contributed by atoms with Crippen LogP contribution in [-0.2, 0) is 22.7 Å². The largest absolute Gasteiger partial charge is 0.497 e. The van der Waals surface area contributed by atoms with Crippen LogP contribution in [0.15, 0.2) is 54.6 Å². The fourth-order valence-corrected chi connectivity index (χ4v) is 3.33. The third kappa shape index (κ3) is 4.23. The first-order valence-electron chi connectivity index (χ1n) is 8.76. The number of ether oxygens (including phenoxy) is 1. The standard InChI is InChI=1S/C21H24N2O3/c1-22(13-16-7-4-3-5-8-16)21(25)18-12-20(24)23(15-18)14-17-9-6-10-19(11-17)26-2/h3-11,18H,12-15H2,1-2H3/t18-/m0/s1. The van der Waals surface area contributed by atoms with Crippen LogP contribution in [0.3, 0.4) is 0 Å². The Labute approximate surface area is 154 Å². The minimum atomic E-state index is -0.276. The molecule has 0 unspecified atom stereocenters. The van der Waals surface area contributed by atoms with Crippen molar-refractivity contribution in [2.75, 3.05) is 20.7 Å². The molecule has 26 heavy (non-hydrogen) atoms. The van der Waals surface area contributed by atoms with Gasteiger partial charge < -0.3 is 14.5 Å². The molecule has 5 nitrogen and oxygen atoms in total. The summed E-state index contributed by atoms with van der Waals surface area (Å²) in [6.45, 7) is 1.52. The van der Waals surface area contributed by atoms with Gasteiger partial charge in [0.25, 0.3) is 0 Å². The van der Waals surface area contributed by atoms with Crippen LogP contribution < -0.4 is 4.74 Å². The van der Waals surface area contributed by atoms with Gasteiger partial charge in [0.05, 0.1) is 13.0 Å². The molecule has 136 valence electrons. The van der Waals surface area contributed by atoms with Crippen molar-refractivity contribution in [2.24, 2.45) is 5.92 Å². The van der Waals surface area contributed by atoms with Crippen LogP contribution in [0.4, 0.5) is 0 Å². The van der Waals surface area contributed by atoms with E-state index in [9.17, 15) is 9.59 Å². The molecule has 0 N–H and O–H groups in total. The fourth-order valence-electron chi connectivity index (χ4n) is 3.33. The van der Waals surface area contributed by atoms with Crippen molar-refractivity contribution in [2.45, 2.75) is 19.5 Å². The molecule has 1 aliphatic heterocycles. The highest BCUT2D eigenvalue weighted by Gasteiger charge is 2.35. The highest BCUT2D eigenvalue weighted by atomic mass is 16.5. The second-order valence-electron chi connectivity index (χ2n) is 6.71. The van der Waals surface area contributed by atoms with E-state index in [4.69, 9.17) is 4.74 Å². The van der Waals surface area contributed by atoms with Gasteiger partial charge in [-0.3, -0.25) is 9.59 Å². The highest BCUT2D eigenvalue weighted by molar-refractivity contribution is 5.89. The van der Waals surface area contributed by atoms with Gasteiger partial charge in [-0.15, -0.1) is 0 Å². The normalized spacial score (nSPS) is 16.6. The van der Waals surface area contributed by atoms with Gasteiger partial charge in [0, 0.05) is 33.1 Å². The number of methoxy groups -OCH3 is 1. The molecule has 1 heterocycles. The summed E-state index contributed by atoms with van der Waals surface area (Å²) in [5.74, 6) is 0.542. The second-order valence-corrected chi connectivity index (χ2v) is 6.71. The third-order valence-electron chi connectivity index (χ3n) is 4.71. The van der Waals surface area contributed by atoms with Crippen molar-refractivity contribution in [3.05, 3.63) is 65.7 Å². The second kappa shape index (κ2) is 8.04. The van der Waals surface area contributed by atoms with Crippen molar-refractivity contribution in [1.29, 1.82) is 0 Å². The van der Waals surface area contributed by atoms with E-state index < -0.39 is 0 Å². The zero-order valence-electron chi connectivity index (χ0n) is 15.2. The maximum atomic E-state index is 12.7. The lowest BCUT2D eigenvalue weighted by Crippen LogP contribution is -2.34. The predicted octanol–water partition coefficient (Wildman–Crippen LogP) is 2.70. The van der Waals surface area contributed by atoms with Crippen LogP contribution >= 0.6 is 0 Å². The molecule has 1 atom stereocenters. The lowest BCUT2D eigenvalue weighted by molar-refractivity contribution is -0.135. The van der Waals surface area contributed by atoms with Gasteiger partial charge in [-0.1, -0.05) is 42.5 Å². The lowest BCUT2D eigenvalue weighted by atomic mass is 10.1. The van der Waals surface area contributed by atoms with Crippen molar-refractivity contribution >= 4 is 11.8 Å². The highest BCUT2D eigenvalue weighted by Crippen LogP contribution is 2.23. The molecular weight excluding hydrogens is 328 g/mol. The summed E-state index contributed by atoms with van der Waals surface area (Å²) >= 11 is 0. The molecule has 2 aromatic rings. The van der Waals surface area contributed by atoms with Crippen LogP contribution in [-0.4, -0.2) is 42.3 Å². The van der Waals surface area contributed by atoms with E-state index in [2.05, 4.69) is 0 Å². The number of nitrogens with zero attached hydrogens (tertiary/aromatic N) is 2. The van der Waals surface area contributed by atoms with E-state index in [1.54, 1.807) is 24.0 Å². The molecule has 1 fully saturated rings. The molecule has 1 saturated heterocycles. The van der Waals surface area contributed by atoms with Crippen LogP contribution in [0.1, 0.15) is 17.5 Å². The van der Waals surface area contributed by atoms with E-state index >= 15 is 0 Å². The number of hydrogen-bond donors (Lipinski definition) is 0. The van der Waals surface area contributed by atoms with Gasteiger partial charge in [0.2, 0.25) is 11.8 Å². The Morgan fingerprint density at radius 3 is 2.62 bits per heavy atom. The van der Waals surface area contributed by atoms with E-state index in [0.29, 0.717) is 19.6 Å². The quantitative estimate of drug-likeness (QED) is 0.803. The Morgan fingerprint density at radius 1 is 1.15 bits per heavy atom. The molecule has 0 aliphatic carbocycles. The average Bonchev–Trinajstić information content (AvgIpc) is 3.02. The smallest absolute Gasteiger partial charge is 0.228 e. The van der Waals surface area contributed by atoms with Crippen LogP contribution in [0, 0.1) is 5.92 Å². The number of likely N-dealkylation sites (tertiary alicyclic amines) is 1. The minimum Gasteiger partial charge on any atom is -0.497 e. The molecule has 2 aromatic carbocycles. The SMILES string of the molecule is COc1cccc(CN2C[C@@H](C(=O)N(C)Cc3ccccc3)CC2=O)c1. The van der Waals surface area contributed by atoms with Crippen molar-refractivity contribution in [3.63, 3.8) is 0 Å². The van der Waals surface area contributed by atoms with Crippen LogP contribution in [0.25, 0.3) is 0 Å². The Kier molecular flexibility index (Phi) is 5.56. The summed E-state index contributed by atoms with van der Waals surface area (Å²) in [7, 11) is 3.42. The summed E-state index contributed by atoms with van der Waals surface area (Å²) in [5.41, 5.74) is 2.09. The number of amides is 2. The van der Waals surface area contributed by atoms with E-state index in [1.807, 2.05) is 54.6 Å². The average molecular weight is 352 g/mol. The van der Waals surface area contributed by atoms with Gasteiger partial charge in [-0.25, -0.2) is 0 Å². The fraction of sp³-hybridized carbons (Fsp3) is 0.333.